The molecule has 0 atom stereocenters. The smallest absolute Gasteiger partial charge is 0.116 e. The van der Waals surface area contributed by atoms with Crippen LogP contribution < -0.4 is 5.32 Å². The van der Waals surface area contributed by atoms with Gasteiger partial charge in [-0.25, -0.2) is 4.98 Å². The molecular formula is C18H19N5S. The van der Waals surface area contributed by atoms with Crippen molar-refractivity contribution in [3.05, 3.63) is 47.3 Å². The fraction of sp³-hybridized carbons (Fsp3) is 0.278. The molecule has 3 rings (SSSR count). The number of anilines is 1. The predicted octanol–water partition coefficient (Wildman–Crippen LogP) is 3.75. The number of nitrogens with one attached hydrogen (secondary N) is 1. The van der Waals surface area contributed by atoms with Crippen LogP contribution >= 0.6 is 11.8 Å². The van der Waals surface area contributed by atoms with Crippen molar-refractivity contribution in [2.75, 3.05) is 18.1 Å². The van der Waals surface area contributed by atoms with Gasteiger partial charge < -0.3 is 5.32 Å². The van der Waals surface area contributed by atoms with E-state index >= 15 is 0 Å². The highest BCUT2D eigenvalue weighted by Gasteiger charge is 2.14. The fourth-order valence-corrected chi connectivity index (χ4v) is 3.35. The van der Waals surface area contributed by atoms with Crippen molar-refractivity contribution < 1.29 is 0 Å². The van der Waals surface area contributed by atoms with Crippen molar-refractivity contribution in [1.29, 1.82) is 5.26 Å². The molecule has 0 fully saturated rings. The fourth-order valence-electron chi connectivity index (χ4n) is 2.81. The van der Waals surface area contributed by atoms with Crippen LogP contribution in [0.3, 0.4) is 0 Å². The molecule has 0 aliphatic carbocycles. The Hall–Kier alpha value is -2.52. The number of benzene rings is 1. The van der Waals surface area contributed by atoms with E-state index in [2.05, 4.69) is 27.5 Å². The summed E-state index contributed by atoms with van der Waals surface area (Å²) >= 11 is 1.49. The molecule has 0 aliphatic rings. The molecule has 0 saturated carbocycles. The third kappa shape index (κ3) is 3.08. The second-order valence-corrected chi connectivity index (χ2v) is 6.37. The number of aryl methyl sites for hydroxylation is 2. The lowest BCUT2D eigenvalue weighted by Crippen LogP contribution is -2.14. The molecule has 0 aliphatic heterocycles. The molecule has 2 heterocycles. The molecule has 0 spiro atoms. The second kappa shape index (κ2) is 6.93. The zero-order valence-corrected chi connectivity index (χ0v) is 14.8. The number of rotatable bonds is 5. The summed E-state index contributed by atoms with van der Waals surface area (Å²) in [5.74, 6) is 0. The molecule has 0 bridgehead atoms. The number of fused-ring (bicyclic) bond motifs is 1. The SMILES string of the molecule is CSc1nc2ccccc2c(NCCn2nc(C)cc2C)c1C#N. The standard InChI is InChI=1S/C18H19N5S/c1-12-10-13(2)23(22-12)9-8-20-17-14-6-4-5-7-16(14)21-18(24-3)15(17)11-19/h4-7,10H,8-9H2,1-3H3,(H,20,21). The number of thioether (sulfide) groups is 1. The van der Waals surface area contributed by atoms with Crippen LogP contribution in [0.4, 0.5) is 5.69 Å². The first-order valence-corrected chi connectivity index (χ1v) is 8.98. The molecule has 6 heteroatoms. The first-order valence-electron chi connectivity index (χ1n) is 7.75. The van der Waals surface area contributed by atoms with Gasteiger partial charge in [0.1, 0.15) is 16.7 Å². The van der Waals surface area contributed by atoms with E-state index in [0.717, 1.165) is 39.5 Å². The van der Waals surface area contributed by atoms with Crippen LogP contribution in [0.2, 0.25) is 0 Å². The largest absolute Gasteiger partial charge is 0.381 e. The summed E-state index contributed by atoms with van der Waals surface area (Å²) in [4.78, 5) is 4.59. The second-order valence-electron chi connectivity index (χ2n) is 5.58. The third-order valence-electron chi connectivity index (χ3n) is 3.89. The van der Waals surface area contributed by atoms with Gasteiger partial charge in [-0.15, -0.1) is 11.8 Å². The van der Waals surface area contributed by atoms with E-state index in [1.807, 2.05) is 49.1 Å². The first-order chi connectivity index (χ1) is 11.6. The highest BCUT2D eigenvalue weighted by atomic mass is 32.2. The molecule has 0 radical (unpaired) electrons. The van der Waals surface area contributed by atoms with Gasteiger partial charge in [0.05, 0.1) is 23.4 Å². The Morgan fingerprint density at radius 3 is 2.75 bits per heavy atom. The van der Waals surface area contributed by atoms with E-state index < -0.39 is 0 Å². The Labute approximate surface area is 145 Å². The molecule has 5 nitrogen and oxygen atoms in total. The van der Waals surface area contributed by atoms with Crippen molar-refractivity contribution in [1.82, 2.24) is 14.8 Å². The Morgan fingerprint density at radius 2 is 2.08 bits per heavy atom. The summed E-state index contributed by atoms with van der Waals surface area (Å²) in [6, 6.07) is 12.3. The quantitative estimate of drug-likeness (QED) is 0.718. The number of hydrogen-bond acceptors (Lipinski definition) is 5. The number of aromatic nitrogens is 3. The monoisotopic (exact) mass is 337 g/mol. The van der Waals surface area contributed by atoms with Crippen molar-refractivity contribution in [2.24, 2.45) is 0 Å². The van der Waals surface area contributed by atoms with Crippen LogP contribution in [-0.2, 0) is 6.54 Å². The van der Waals surface area contributed by atoms with Gasteiger partial charge in [0.15, 0.2) is 0 Å². The molecular weight excluding hydrogens is 318 g/mol. The van der Waals surface area contributed by atoms with Crippen LogP contribution in [0, 0.1) is 25.2 Å². The number of hydrogen-bond donors (Lipinski definition) is 1. The molecule has 24 heavy (non-hydrogen) atoms. The number of pyridine rings is 1. The normalized spacial score (nSPS) is 10.8. The minimum atomic E-state index is 0.606. The first kappa shape index (κ1) is 16.3. The van der Waals surface area contributed by atoms with E-state index in [4.69, 9.17) is 0 Å². The van der Waals surface area contributed by atoms with Gasteiger partial charge in [0.2, 0.25) is 0 Å². The van der Waals surface area contributed by atoms with Gasteiger partial charge in [-0.3, -0.25) is 4.68 Å². The van der Waals surface area contributed by atoms with Gasteiger partial charge in [-0.1, -0.05) is 18.2 Å². The lowest BCUT2D eigenvalue weighted by molar-refractivity contribution is 0.615. The molecule has 2 aromatic heterocycles. The highest BCUT2D eigenvalue weighted by molar-refractivity contribution is 7.98. The van der Waals surface area contributed by atoms with Crippen molar-refractivity contribution in [3.8, 4) is 6.07 Å². The number of nitriles is 1. The van der Waals surface area contributed by atoms with Crippen LogP contribution in [-0.4, -0.2) is 27.6 Å². The number of nitrogens with zero attached hydrogens (tertiary/aromatic N) is 4. The highest BCUT2D eigenvalue weighted by Crippen LogP contribution is 2.31. The zero-order chi connectivity index (χ0) is 17.1. The average molecular weight is 337 g/mol. The van der Waals surface area contributed by atoms with Gasteiger partial charge in [0.25, 0.3) is 0 Å². The lowest BCUT2D eigenvalue weighted by atomic mass is 10.1. The van der Waals surface area contributed by atoms with Gasteiger partial charge >= 0.3 is 0 Å². The van der Waals surface area contributed by atoms with E-state index in [0.29, 0.717) is 12.1 Å². The minimum absolute atomic E-state index is 0.606. The number of para-hydroxylation sites is 1. The summed E-state index contributed by atoms with van der Waals surface area (Å²) in [6.45, 7) is 5.48. The van der Waals surface area contributed by atoms with E-state index in [1.54, 1.807) is 0 Å². The lowest BCUT2D eigenvalue weighted by Gasteiger charge is -2.14. The van der Waals surface area contributed by atoms with E-state index in [1.165, 1.54) is 11.8 Å². The molecule has 122 valence electrons. The van der Waals surface area contributed by atoms with Crippen LogP contribution in [0.1, 0.15) is 17.0 Å². The molecule has 3 aromatic rings. The van der Waals surface area contributed by atoms with Crippen molar-refractivity contribution >= 4 is 28.4 Å². The average Bonchev–Trinajstić information content (AvgIpc) is 2.91. The van der Waals surface area contributed by atoms with Crippen molar-refractivity contribution in [3.63, 3.8) is 0 Å². The maximum atomic E-state index is 9.59. The van der Waals surface area contributed by atoms with Gasteiger partial charge in [-0.2, -0.15) is 10.4 Å². The summed E-state index contributed by atoms with van der Waals surface area (Å²) < 4.78 is 1.98. The van der Waals surface area contributed by atoms with Crippen LogP contribution in [0.15, 0.2) is 35.4 Å². The Morgan fingerprint density at radius 1 is 1.29 bits per heavy atom. The Balaban J connectivity index is 1.93. The van der Waals surface area contributed by atoms with Crippen molar-refractivity contribution in [2.45, 2.75) is 25.4 Å². The molecule has 1 aromatic carbocycles. The zero-order valence-electron chi connectivity index (χ0n) is 14.0. The van der Waals surface area contributed by atoms with Gasteiger partial charge in [0, 0.05) is 17.6 Å². The maximum Gasteiger partial charge on any atom is 0.116 e. The predicted molar refractivity (Wildman–Crippen MR) is 98.4 cm³/mol. The summed E-state index contributed by atoms with van der Waals surface area (Å²) in [6.07, 6.45) is 1.94. The van der Waals surface area contributed by atoms with E-state index in [9.17, 15) is 5.26 Å². The summed E-state index contributed by atoms with van der Waals surface area (Å²) in [5, 5.41) is 19.2. The van der Waals surface area contributed by atoms with E-state index in [-0.39, 0.29) is 0 Å². The molecule has 0 unspecified atom stereocenters. The molecule has 0 saturated heterocycles. The minimum Gasteiger partial charge on any atom is -0.381 e. The summed E-state index contributed by atoms with van der Waals surface area (Å²) in [7, 11) is 0. The topological polar surface area (TPSA) is 66.5 Å². The molecule has 0 amide bonds. The van der Waals surface area contributed by atoms with Gasteiger partial charge in [-0.05, 0) is 32.2 Å². The Kier molecular flexibility index (Phi) is 4.72. The maximum absolute atomic E-state index is 9.59. The third-order valence-corrected chi connectivity index (χ3v) is 4.58. The van der Waals surface area contributed by atoms with Crippen LogP contribution in [0.25, 0.3) is 10.9 Å². The Bertz CT molecular complexity index is 923. The van der Waals surface area contributed by atoms with Crippen LogP contribution in [0.5, 0.6) is 0 Å². The summed E-state index contributed by atoms with van der Waals surface area (Å²) in [5.41, 5.74) is 4.52. The molecule has 1 N–H and O–H groups in total.